The summed E-state index contributed by atoms with van der Waals surface area (Å²) in [5.74, 6) is -0.947. The number of carbonyl (C=O) groups excluding carboxylic acids is 1. The Labute approximate surface area is 162 Å². The van der Waals surface area contributed by atoms with Crippen molar-refractivity contribution in [3.63, 3.8) is 0 Å². The molecule has 3 aliphatic rings. The Kier molecular flexibility index (Phi) is 4.59. The number of nitrogens with zero attached hydrogens (tertiary/aromatic N) is 4. The highest BCUT2D eigenvalue weighted by molar-refractivity contribution is 5.76. The number of carbonyl (C=O) groups is 1. The van der Waals surface area contributed by atoms with E-state index in [-0.39, 0.29) is 12.1 Å². The number of piperidine rings is 1. The molecule has 1 aromatic carbocycles. The molecular weight excluding hydrogens is 366 g/mol. The van der Waals surface area contributed by atoms with Crippen molar-refractivity contribution in [2.24, 2.45) is 5.92 Å². The first-order chi connectivity index (χ1) is 13.2. The van der Waals surface area contributed by atoms with E-state index >= 15 is 0 Å². The summed E-state index contributed by atoms with van der Waals surface area (Å²) in [5.41, 5.74) is 0.101. The Hall–Kier alpha value is -2.51. The van der Waals surface area contributed by atoms with E-state index in [9.17, 15) is 13.6 Å². The Morgan fingerprint density at radius 3 is 2.54 bits per heavy atom. The van der Waals surface area contributed by atoms with Crippen LogP contribution in [0.3, 0.4) is 0 Å². The SMILES string of the molecule is CC(C)(C)OC(=O)N1CC2CCC(C1)N(c1cnc3cc(F)c(F)cc3n1)C2. The molecular formula is C20H24F2N4O2. The molecule has 5 rings (SSSR count). The van der Waals surface area contributed by atoms with Gasteiger partial charge in [-0.15, -0.1) is 0 Å². The van der Waals surface area contributed by atoms with Gasteiger partial charge in [-0.25, -0.2) is 18.6 Å². The van der Waals surface area contributed by atoms with Gasteiger partial charge in [-0.05, 0) is 39.5 Å². The molecule has 2 unspecified atom stereocenters. The molecule has 2 bridgehead atoms. The van der Waals surface area contributed by atoms with Gasteiger partial charge >= 0.3 is 6.09 Å². The van der Waals surface area contributed by atoms with Gasteiger partial charge in [-0.2, -0.15) is 0 Å². The summed E-state index contributed by atoms with van der Waals surface area (Å²) in [4.78, 5) is 25.2. The van der Waals surface area contributed by atoms with Gasteiger partial charge in [0.25, 0.3) is 0 Å². The lowest BCUT2D eigenvalue weighted by molar-refractivity contribution is 0.0243. The smallest absolute Gasteiger partial charge is 0.410 e. The highest BCUT2D eigenvalue weighted by atomic mass is 19.2. The summed E-state index contributed by atoms with van der Waals surface area (Å²) >= 11 is 0. The maximum Gasteiger partial charge on any atom is 0.410 e. The van der Waals surface area contributed by atoms with Crippen LogP contribution in [0.15, 0.2) is 18.3 Å². The van der Waals surface area contributed by atoms with E-state index in [1.807, 2.05) is 20.8 Å². The minimum atomic E-state index is -0.938. The first-order valence-corrected chi connectivity index (χ1v) is 9.56. The van der Waals surface area contributed by atoms with E-state index in [0.717, 1.165) is 31.5 Å². The van der Waals surface area contributed by atoms with Crippen LogP contribution >= 0.6 is 0 Å². The lowest BCUT2D eigenvalue weighted by Crippen LogP contribution is -2.45. The monoisotopic (exact) mass is 390 g/mol. The van der Waals surface area contributed by atoms with Crippen LogP contribution in [0.5, 0.6) is 0 Å². The van der Waals surface area contributed by atoms with Gasteiger partial charge in [0, 0.05) is 37.8 Å². The standard InChI is InChI=1S/C20H24F2N4O2/c1-20(2,3)28-19(27)25-9-12-4-5-13(11-25)26(10-12)18-8-23-16-6-14(21)15(22)7-17(16)24-18/h6-8,12-13H,4-5,9-11H2,1-3H3. The summed E-state index contributed by atoms with van der Waals surface area (Å²) in [6, 6.07) is 2.22. The Morgan fingerprint density at radius 2 is 1.82 bits per heavy atom. The molecule has 2 atom stereocenters. The number of hydrogen-bond acceptors (Lipinski definition) is 5. The molecule has 8 heteroatoms. The minimum Gasteiger partial charge on any atom is -0.444 e. The fourth-order valence-corrected chi connectivity index (χ4v) is 3.97. The summed E-state index contributed by atoms with van der Waals surface area (Å²) in [5, 5.41) is 0. The molecule has 150 valence electrons. The van der Waals surface area contributed by atoms with Crippen LogP contribution in [0.2, 0.25) is 0 Å². The van der Waals surface area contributed by atoms with Crippen LogP contribution in [0.4, 0.5) is 19.4 Å². The highest BCUT2D eigenvalue weighted by Gasteiger charge is 2.38. The van der Waals surface area contributed by atoms with Crippen LogP contribution in [0.1, 0.15) is 33.6 Å². The van der Waals surface area contributed by atoms with Crippen LogP contribution < -0.4 is 4.90 Å². The molecule has 1 aromatic heterocycles. The third kappa shape index (κ3) is 3.72. The number of aromatic nitrogens is 2. The average Bonchev–Trinajstić information content (AvgIpc) is 2.93. The van der Waals surface area contributed by atoms with E-state index in [2.05, 4.69) is 14.9 Å². The predicted molar refractivity (Wildman–Crippen MR) is 101 cm³/mol. The molecule has 1 amide bonds. The topological polar surface area (TPSA) is 58.6 Å². The van der Waals surface area contributed by atoms with Gasteiger partial charge in [0.2, 0.25) is 0 Å². The van der Waals surface area contributed by atoms with Crippen molar-refractivity contribution >= 4 is 22.9 Å². The molecule has 0 spiro atoms. The van der Waals surface area contributed by atoms with E-state index in [1.54, 1.807) is 11.1 Å². The second-order valence-corrected chi connectivity index (χ2v) is 8.62. The summed E-state index contributed by atoms with van der Waals surface area (Å²) < 4.78 is 32.6. The number of halogens is 2. The summed E-state index contributed by atoms with van der Waals surface area (Å²) in [7, 11) is 0. The molecule has 0 radical (unpaired) electrons. The largest absolute Gasteiger partial charge is 0.444 e. The second-order valence-electron chi connectivity index (χ2n) is 8.62. The van der Waals surface area contributed by atoms with Crippen molar-refractivity contribution in [2.45, 2.75) is 45.3 Å². The number of fused-ring (bicyclic) bond motifs is 5. The van der Waals surface area contributed by atoms with Crippen LogP contribution in [0.25, 0.3) is 11.0 Å². The van der Waals surface area contributed by atoms with E-state index < -0.39 is 17.2 Å². The predicted octanol–water partition coefficient (Wildman–Crippen LogP) is 3.74. The molecule has 3 fully saturated rings. The van der Waals surface area contributed by atoms with Crippen molar-refractivity contribution in [1.29, 1.82) is 0 Å². The maximum atomic E-state index is 13.6. The molecule has 3 aliphatic heterocycles. The van der Waals surface area contributed by atoms with E-state index in [0.29, 0.717) is 35.9 Å². The third-order valence-electron chi connectivity index (χ3n) is 5.23. The second kappa shape index (κ2) is 6.83. The third-order valence-corrected chi connectivity index (χ3v) is 5.23. The molecule has 0 N–H and O–H groups in total. The Balaban J connectivity index is 1.59. The zero-order chi connectivity index (χ0) is 20.1. The quantitative estimate of drug-likeness (QED) is 0.742. The van der Waals surface area contributed by atoms with E-state index in [1.165, 1.54) is 0 Å². The Bertz CT molecular complexity index is 915. The van der Waals surface area contributed by atoms with Crippen molar-refractivity contribution in [1.82, 2.24) is 14.9 Å². The minimum absolute atomic E-state index is 0.0864. The number of rotatable bonds is 1. The molecule has 0 saturated carbocycles. The number of hydrogen-bond donors (Lipinski definition) is 0. The van der Waals surface area contributed by atoms with Gasteiger partial charge in [0.05, 0.1) is 17.2 Å². The fourth-order valence-electron chi connectivity index (χ4n) is 3.97. The number of ether oxygens (including phenoxy) is 1. The lowest BCUT2D eigenvalue weighted by atomic mass is 9.95. The van der Waals surface area contributed by atoms with E-state index in [4.69, 9.17) is 4.74 Å². The van der Waals surface area contributed by atoms with Gasteiger partial charge in [0.1, 0.15) is 11.4 Å². The van der Waals surface area contributed by atoms with Gasteiger partial charge < -0.3 is 14.5 Å². The molecule has 2 aromatic rings. The molecule has 3 saturated heterocycles. The normalized spacial score (nSPS) is 22.5. The van der Waals surface area contributed by atoms with Gasteiger partial charge in [0.15, 0.2) is 11.6 Å². The fraction of sp³-hybridized carbons (Fsp3) is 0.550. The first kappa shape index (κ1) is 18.8. The Morgan fingerprint density at radius 1 is 1.11 bits per heavy atom. The lowest BCUT2D eigenvalue weighted by Gasteiger charge is -2.36. The maximum absolute atomic E-state index is 13.6. The van der Waals surface area contributed by atoms with Crippen molar-refractivity contribution in [3.8, 4) is 0 Å². The number of anilines is 1. The number of amides is 1. The van der Waals surface area contributed by atoms with Crippen LogP contribution in [-0.4, -0.2) is 52.2 Å². The van der Waals surface area contributed by atoms with Crippen molar-refractivity contribution < 1.29 is 18.3 Å². The van der Waals surface area contributed by atoms with Gasteiger partial charge in [-0.1, -0.05) is 0 Å². The summed E-state index contributed by atoms with van der Waals surface area (Å²) in [6.45, 7) is 7.50. The average molecular weight is 390 g/mol. The van der Waals surface area contributed by atoms with Crippen molar-refractivity contribution in [3.05, 3.63) is 30.0 Å². The molecule has 4 heterocycles. The van der Waals surface area contributed by atoms with Crippen molar-refractivity contribution in [2.75, 3.05) is 24.5 Å². The van der Waals surface area contributed by atoms with Gasteiger partial charge in [-0.3, -0.25) is 4.98 Å². The highest BCUT2D eigenvalue weighted by Crippen LogP contribution is 2.32. The molecule has 0 aliphatic carbocycles. The summed E-state index contributed by atoms with van der Waals surface area (Å²) in [6.07, 6.45) is 3.26. The van der Waals surface area contributed by atoms with Crippen LogP contribution in [0, 0.1) is 17.6 Å². The first-order valence-electron chi connectivity index (χ1n) is 9.56. The zero-order valence-electron chi connectivity index (χ0n) is 16.3. The molecule has 28 heavy (non-hydrogen) atoms. The van der Waals surface area contributed by atoms with Crippen LogP contribution in [-0.2, 0) is 4.74 Å². The molecule has 6 nitrogen and oxygen atoms in total. The zero-order valence-corrected chi connectivity index (χ0v) is 16.3. The number of benzene rings is 1.